The van der Waals surface area contributed by atoms with E-state index in [9.17, 15) is 0 Å². The Morgan fingerprint density at radius 1 is 1.06 bits per heavy atom. The molecule has 0 bridgehead atoms. The van der Waals surface area contributed by atoms with Crippen LogP contribution in [0.25, 0.3) is 10.4 Å². The van der Waals surface area contributed by atoms with Crippen molar-refractivity contribution in [3.8, 4) is 21.9 Å². The maximum absolute atomic E-state index is 5.38. The third-order valence-corrected chi connectivity index (χ3v) is 3.49. The van der Waals surface area contributed by atoms with E-state index in [2.05, 4.69) is 18.4 Å². The minimum Gasteiger partial charge on any atom is -0.497 e. The van der Waals surface area contributed by atoms with Crippen molar-refractivity contribution >= 4 is 11.3 Å². The first-order valence-electron chi connectivity index (χ1n) is 5.02. The molecule has 2 nitrogen and oxygen atoms in total. The fraction of sp³-hybridized carbons (Fsp3) is 0.231. The zero-order valence-electron chi connectivity index (χ0n) is 9.61. The molecule has 0 aliphatic heterocycles. The first kappa shape index (κ1) is 11.0. The maximum Gasteiger partial charge on any atom is 0.131 e. The minimum absolute atomic E-state index is 0.814. The topological polar surface area (TPSA) is 18.5 Å². The van der Waals surface area contributed by atoms with Gasteiger partial charge in [-0.25, -0.2) is 0 Å². The molecule has 84 valence electrons. The molecule has 0 radical (unpaired) electrons. The lowest BCUT2D eigenvalue weighted by Crippen LogP contribution is -1.89. The van der Waals surface area contributed by atoms with Gasteiger partial charge in [-0.3, -0.25) is 0 Å². The molecule has 16 heavy (non-hydrogen) atoms. The van der Waals surface area contributed by atoms with Gasteiger partial charge in [0, 0.05) is 16.5 Å². The van der Waals surface area contributed by atoms with E-state index in [0.29, 0.717) is 0 Å². The highest BCUT2D eigenvalue weighted by Crippen LogP contribution is 2.36. The van der Waals surface area contributed by atoms with Crippen LogP contribution in [-0.4, -0.2) is 14.2 Å². The normalized spacial score (nSPS) is 10.2. The molecule has 0 N–H and O–H groups in total. The number of methoxy groups -OCH3 is 2. The summed E-state index contributed by atoms with van der Waals surface area (Å²) in [6.45, 7) is 2.09. The number of rotatable bonds is 3. The second kappa shape index (κ2) is 4.58. The lowest BCUT2D eigenvalue weighted by molar-refractivity contribution is 0.395. The number of thiophene rings is 1. The second-order valence-electron chi connectivity index (χ2n) is 3.55. The Balaban J connectivity index is 2.48. The van der Waals surface area contributed by atoms with Crippen molar-refractivity contribution in [1.29, 1.82) is 0 Å². The summed E-state index contributed by atoms with van der Waals surface area (Å²) in [6, 6.07) is 8.05. The summed E-state index contributed by atoms with van der Waals surface area (Å²) in [5.74, 6) is 1.66. The number of ether oxygens (including phenoxy) is 2. The van der Waals surface area contributed by atoms with Crippen molar-refractivity contribution in [2.24, 2.45) is 0 Å². The van der Waals surface area contributed by atoms with Gasteiger partial charge in [-0.2, -0.15) is 0 Å². The quantitative estimate of drug-likeness (QED) is 0.805. The van der Waals surface area contributed by atoms with E-state index in [0.717, 1.165) is 17.1 Å². The first-order valence-corrected chi connectivity index (χ1v) is 5.90. The summed E-state index contributed by atoms with van der Waals surface area (Å²) < 4.78 is 10.6. The number of hydrogen-bond acceptors (Lipinski definition) is 3. The molecule has 3 heteroatoms. The van der Waals surface area contributed by atoms with Crippen molar-refractivity contribution in [3.63, 3.8) is 0 Å². The Hall–Kier alpha value is -1.48. The van der Waals surface area contributed by atoms with E-state index in [4.69, 9.17) is 9.47 Å². The van der Waals surface area contributed by atoms with Crippen molar-refractivity contribution in [1.82, 2.24) is 0 Å². The standard InChI is InChI=1S/C13H14O2S/c1-9-6-13(16-8-9)11-5-4-10(14-2)7-12(11)15-3/h4-8H,1-3H3. The van der Waals surface area contributed by atoms with E-state index in [1.54, 1.807) is 25.6 Å². The average molecular weight is 234 g/mol. The van der Waals surface area contributed by atoms with E-state index in [1.165, 1.54) is 10.4 Å². The van der Waals surface area contributed by atoms with Crippen molar-refractivity contribution < 1.29 is 9.47 Å². The van der Waals surface area contributed by atoms with Gasteiger partial charge in [0.25, 0.3) is 0 Å². The van der Waals surface area contributed by atoms with Crippen LogP contribution in [0.4, 0.5) is 0 Å². The van der Waals surface area contributed by atoms with Gasteiger partial charge in [-0.1, -0.05) is 0 Å². The van der Waals surface area contributed by atoms with Crippen LogP contribution < -0.4 is 9.47 Å². The van der Waals surface area contributed by atoms with Gasteiger partial charge in [0.15, 0.2) is 0 Å². The molecule has 0 aliphatic rings. The highest BCUT2D eigenvalue weighted by Gasteiger charge is 2.08. The molecule has 0 aliphatic carbocycles. The van der Waals surface area contributed by atoms with Crippen molar-refractivity contribution in [2.45, 2.75) is 6.92 Å². The van der Waals surface area contributed by atoms with Crippen LogP contribution in [0, 0.1) is 6.92 Å². The zero-order chi connectivity index (χ0) is 11.5. The van der Waals surface area contributed by atoms with E-state index >= 15 is 0 Å². The van der Waals surface area contributed by atoms with Gasteiger partial charge in [0.1, 0.15) is 11.5 Å². The lowest BCUT2D eigenvalue weighted by Gasteiger charge is -2.08. The number of hydrogen-bond donors (Lipinski definition) is 0. The van der Waals surface area contributed by atoms with Gasteiger partial charge in [0.05, 0.1) is 14.2 Å². The minimum atomic E-state index is 0.814. The van der Waals surface area contributed by atoms with E-state index < -0.39 is 0 Å². The summed E-state index contributed by atoms with van der Waals surface area (Å²) in [6.07, 6.45) is 0. The van der Waals surface area contributed by atoms with Crippen molar-refractivity contribution in [2.75, 3.05) is 14.2 Å². The summed E-state index contributed by atoms with van der Waals surface area (Å²) in [5.41, 5.74) is 2.39. The summed E-state index contributed by atoms with van der Waals surface area (Å²) in [7, 11) is 3.34. The molecule has 0 saturated heterocycles. The molecule has 0 amide bonds. The molecule has 0 spiro atoms. The lowest BCUT2D eigenvalue weighted by atomic mass is 10.1. The first-order chi connectivity index (χ1) is 7.74. The zero-order valence-corrected chi connectivity index (χ0v) is 10.4. The van der Waals surface area contributed by atoms with Gasteiger partial charge in [-0.15, -0.1) is 11.3 Å². The van der Waals surface area contributed by atoms with Crippen LogP contribution in [-0.2, 0) is 0 Å². The molecule has 1 aromatic heterocycles. The molecule has 0 atom stereocenters. The van der Waals surface area contributed by atoms with E-state index in [-0.39, 0.29) is 0 Å². The summed E-state index contributed by atoms with van der Waals surface area (Å²) in [4.78, 5) is 1.22. The summed E-state index contributed by atoms with van der Waals surface area (Å²) in [5, 5.41) is 2.14. The Labute approximate surface area is 99.5 Å². The van der Waals surface area contributed by atoms with Crippen LogP contribution in [0.3, 0.4) is 0 Å². The third-order valence-electron chi connectivity index (χ3n) is 2.40. The number of aryl methyl sites for hydroxylation is 1. The van der Waals surface area contributed by atoms with Gasteiger partial charge in [-0.05, 0) is 36.1 Å². The fourth-order valence-electron chi connectivity index (χ4n) is 1.57. The molecule has 0 fully saturated rings. The molecule has 0 saturated carbocycles. The van der Waals surface area contributed by atoms with E-state index in [1.807, 2.05) is 18.2 Å². The largest absolute Gasteiger partial charge is 0.497 e. The highest BCUT2D eigenvalue weighted by molar-refractivity contribution is 7.13. The highest BCUT2D eigenvalue weighted by atomic mass is 32.1. The Morgan fingerprint density at radius 2 is 1.88 bits per heavy atom. The van der Waals surface area contributed by atoms with Crippen LogP contribution in [0.5, 0.6) is 11.5 Å². The molecule has 0 unspecified atom stereocenters. The number of benzene rings is 1. The third kappa shape index (κ3) is 2.04. The SMILES string of the molecule is COc1ccc(-c2cc(C)cs2)c(OC)c1. The van der Waals surface area contributed by atoms with Gasteiger partial charge < -0.3 is 9.47 Å². The Bertz CT molecular complexity index is 488. The summed E-state index contributed by atoms with van der Waals surface area (Å²) >= 11 is 1.72. The molecular weight excluding hydrogens is 220 g/mol. The predicted molar refractivity (Wildman–Crippen MR) is 67.6 cm³/mol. The van der Waals surface area contributed by atoms with Gasteiger partial charge >= 0.3 is 0 Å². The Kier molecular flexibility index (Phi) is 3.15. The molecule has 2 aromatic rings. The van der Waals surface area contributed by atoms with Crippen LogP contribution in [0.2, 0.25) is 0 Å². The predicted octanol–water partition coefficient (Wildman–Crippen LogP) is 3.74. The molecule has 1 aromatic carbocycles. The van der Waals surface area contributed by atoms with Gasteiger partial charge in [0.2, 0.25) is 0 Å². The van der Waals surface area contributed by atoms with Crippen LogP contribution in [0.1, 0.15) is 5.56 Å². The Morgan fingerprint density at radius 3 is 2.44 bits per heavy atom. The van der Waals surface area contributed by atoms with Crippen LogP contribution >= 0.6 is 11.3 Å². The second-order valence-corrected chi connectivity index (χ2v) is 4.47. The monoisotopic (exact) mass is 234 g/mol. The maximum atomic E-state index is 5.38. The van der Waals surface area contributed by atoms with Crippen molar-refractivity contribution in [3.05, 3.63) is 35.2 Å². The molecular formula is C13H14O2S. The van der Waals surface area contributed by atoms with Crippen LogP contribution in [0.15, 0.2) is 29.6 Å². The molecule has 2 rings (SSSR count). The average Bonchev–Trinajstić information content (AvgIpc) is 2.74. The smallest absolute Gasteiger partial charge is 0.131 e. The molecule has 1 heterocycles. The fourth-order valence-corrected chi connectivity index (χ4v) is 2.51.